The Morgan fingerprint density at radius 3 is 1.67 bits per heavy atom. The molecule has 3 rings (SSSR count). The minimum Gasteiger partial charge on any atom is -0.326 e. The zero-order chi connectivity index (χ0) is 14.5. The Kier molecular flexibility index (Phi) is 4.45. The topological polar surface area (TPSA) is 26.0 Å². The zero-order valence-electron chi connectivity index (χ0n) is 11.8. The van der Waals surface area contributed by atoms with Crippen molar-refractivity contribution in [3.8, 4) is 0 Å². The van der Waals surface area contributed by atoms with E-state index in [4.69, 9.17) is 5.73 Å². The van der Waals surface area contributed by atoms with Gasteiger partial charge in [-0.25, -0.2) is 0 Å². The molecule has 0 unspecified atom stereocenters. The second-order valence-corrected chi connectivity index (χ2v) is 7.10. The van der Waals surface area contributed by atoms with Crippen LogP contribution in [-0.2, 0) is 6.54 Å². The van der Waals surface area contributed by atoms with E-state index >= 15 is 0 Å². The van der Waals surface area contributed by atoms with Crippen LogP contribution < -0.4 is 21.6 Å². The molecule has 0 saturated carbocycles. The highest BCUT2D eigenvalue weighted by Crippen LogP contribution is 2.32. The smallest absolute Gasteiger partial charge is 0.0178 e. The molecule has 104 valence electrons. The van der Waals surface area contributed by atoms with Crippen molar-refractivity contribution in [3.63, 3.8) is 0 Å². The fourth-order valence-corrected chi connectivity index (χ4v) is 4.79. The molecule has 0 heterocycles. The van der Waals surface area contributed by atoms with E-state index in [0.717, 1.165) is 0 Å². The first kappa shape index (κ1) is 14.0. The van der Waals surface area contributed by atoms with Crippen LogP contribution in [0.15, 0.2) is 84.9 Å². The lowest BCUT2D eigenvalue weighted by Crippen LogP contribution is -2.21. The predicted molar refractivity (Wildman–Crippen MR) is 93.0 cm³/mol. The molecule has 0 spiro atoms. The normalized spacial score (nSPS) is 10.8. The fraction of sp³-hybridized carbons (Fsp3) is 0.0526. The Bertz CT molecular complexity index is 656. The maximum absolute atomic E-state index is 5.80. The number of benzene rings is 3. The molecule has 1 nitrogen and oxygen atoms in total. The van der Waals surface area contributed by atoms with Gasteiger partial charge in [-0.15, -0.1) is 0 Å². The van der Waals surface area contributed by atoms with Crippen LogP contribution in [0.25, 0.3) is 0 Å². The summed E-state index contributed by atoms with van der Waals surface area (Å²) >= 11 is 0. The average molecular weight is 291 g/mol. The summed E-state index contributed by atoms with van der Waals surface area (Å²) in [6.45, 7) is 0.584. The van der Waals surface area contributed by atoms with Gasteiger partial charge in [0.25, 0.3) is 0 Å². The Hall–Kier alpha value is -1.95. The lowest BCUT2D eigenvalue weighted by atomic mass is 10.2. The monoisotopic (exact) mass is 291 g/mol. The van der Waals surface area contributed by atoms with Gasteiger partial charge in [-0.1, -0.05) is 78.9 Å². The number of hydrogen-bond donors (Lipinski definition) is 1. The van der Waals surface area contributed by atoms with E-state index in [9.17, 15) is 0 Å². The van der Waals surface area contributed by atoms with Crippen LogP contribution in [0.1, 0.15) is 5.56 Å². The van der Waals surface area contributed by atoms with Crippen molar-refractivity contribution in [1.29, 1.82) is 0 Å². The first-order chi connectivity index (χ1) is 10.4. The molecule has 0 aliphatic rings. The van der Waals surface area contributed by atoms with E-state index in [2.05, 4.69) is 84.9 Å². The van der Waals surface area contributed by atoms with Gasteiger partial charge in [0, 0.05) is 6.54 Å². The summed E-state index contributed by atoms with van der Waals surface area (Å²) in [5.41, 5.74) is 6.99. The number of nitrogens with two attached hydrogens (primary N) is 1. The number of rotatable bonds is 4. The molecule has 2 N–H and O–H groups in total. The summed E-state index contributed by atoms with van der Waals surface area (Å²) in [6, 6.07) is 30.1. The highest BCUT2D eigenvalue weighted by Gasteiger charge is 2.15. The quantitative estimate of drug-likeness (QED) is 0.735. The van der Waals surface area contributed by atoms with Gasteiger partial charge in [-0.05, 0) is 35.5 Å². The van der Waals surface area contributed by atoms with E-state index in [0.29, 0.717) is 6.54 Å². The van der Waals surface area contributed by atoms with Gasteiger partial charge in [0.15, 0.2) is 0 Å². The Labute approximate surface area is 127 Å². The van der Waals surface area contributed by atoms with Gasteiger partial charge in [0.2, 0.25) is 0 Å². The minimum atomic E-state index is -0.523. The third-order valence-corrected chi connectivity index (χ3v) is 5.86. The molecule has 0 saturated heterocycles. The van der Waals surface area contributed by atoms with E-state index in [-0.39, 0.29) is 0 Å². The second-order valence-electron chi connectivity index (χ2n) is 4.88. The van der Waals surface area contributed by atoms with Crippen LogP contribution in [-0.4, -0.2) is 0 Å². The highest BCUT2D eigenvalue weighted by atomic mass is 31.1. The van der Waals surface area contributed by atoms with Crippen LogP contribution >= 0.6 is 7.92 Å². The van der Waals surface area contributed by atoms with Gasteiger partial charge in [-0.3, -0.25) is 0 Å². The molecule has 0 aromatic heterocycles. The third-order valence-electron chi connectivity index (χ3n) is 3.43. The van der Waals surface area contributed by atoms with Crippen molar-refractivity contribution in [2.24, 2.45) is 5.73 Å². The predicted octanol–water partition coefficient (Wildman–Crippen LogP) is 2.90. The van der Waals surface area contributed by atoms with Crippen LogP contribution in [0.5, 0.6) is 0 Å². The first-order valence-electron chi connectivity index (χ1n) is 7.08. The molecule has 0 amide bonds. The van der Waals surface area contributed by atoms with E-state index in [1.165, 1.54) is 21.5 Å². The molecular weight excluding hydrogens is 273 g/mol. The SMILES string of the molecule is NCc1cccc(P(c2ccccc2)c2ccccc2)c1. The van der Waals surface area contributed by atoms with Gasteiger partial charge < -0.3 is 5.73 Å². The summed E-state index contributed by atoms with van der Waals surface area (Å²) in [6.07, 6.45) is 0. The Morgan fingerprint density at radius 1 is 0.619 bits per heavy atom. The van der Waals surface area contributed by atoms with Crippen molar-refractivity contribution in [2.75, 3.05) is 0 Å². The average Bonchev–Trinajstić information content (AvgIpc) is 2.57. The second kappa shape index (κ2) is 6.67. The van der Waals surface area contributed by atoms with Crippen LogP contribution in [0.3, 0.4) is 0 Å². The lowest BCUT2D eigenvalue weighted by molar-refractivity contribution is 1.07. The van der Waals surface area contributed by atoms with E-state index in [1.807, 2.05) is 0 Å². The molecule has 21 heavy (non-hydrogen) atoms. The summed E-state index contributed by atoms with van der Waals surface area (Å²) in [5.74, 6) is 0. The summed E-state index contributed by atoms with van der Waals surface area (Å²) in [5, 5.41) is 4.09. The lowest BCUT2D eigenvalue weighted by Gasteiger charge is -2.19. The van der Waals surface area contributed by atoms with Crippen LogP contribution in [0.4, 0.5) is 0 Å². The van der Waals surface area contributed by atoms with Crippen LogP contribution in [0, 0.1) is 0 Å². The molecule has 0 radical (unpaired) electrons. The standard InChI is InChI=1S/C19H18NP/c20-15-16-8-7-13-19(14-16)21(17-9-3-1-4-10-17)18-11-5-2-6-12-18/h1-14H,15,20H2. The van der Waals surface area contributed by atoms with Gasteiger partial charge in [-0.2, -0.15) is 0 Å². The summed E-state index contributed by atoms with van der Waals surface area (Å²) in [4.78, 5) is 0. The largest absolute Gasteiger partial charge is 0.326 e. The fourth-order valence-electron chi connectivity index (χ4n) is 2.42. The number of hydrogen-bond acceptors (Lipinski definition) is 1. The van der Waals surface area contributed by atoms with Gasteiger partial charge in [0.05, 0.1) is 0 Å². The molecule has 3 aromatic rings. The van der Waals surface area contributed by atoms with Crippen molar-refractivity contribution in [2.45, 2.75) is 6.54 Å². The highest BCUT2D eigenvalue weighted by molar-refractivity contribution is 7.79. The van der Waals surface area contributed by atoms with E-state index in [1.54, 1.807) is 0 Å². The maximum Gasteiger partial charge on any atom is 0.0178 e. The molecule has 0 aliphatic heterocycles. The molecule has 0 aliphatic carbocycles. The zero-order valence-corrected chi connectivity index (χ0v) is 12.7. The first-order valence-corrected chi connectivity index (χ1v) is 8.42. The maximum atomic E-state index is 5.80. The minimum absolute atomic E-state index is 0.523. The van der Waals surface area contributed by atoms with Crippen molar-refractivity contribution >= 4 is 23.8 Å². The Morgan fingerprint density at radius 2 is 1.14 bits per heavy atom. The van der Waals surface area contributed by atoms with Crippen LogP contribution in [0.2, 0.25) is 0 Å². The van der Waals surface area contributed by atoms with Crippen molar-refractivity contribution in [1.82, 2.24) is 0 Å². The van der Waals surface area contributed by atoms with Gasteiger partial charge in [0.1, 0.15) is 0 Å². The molecule has 0 atom stereocenters. The molecule has 2 heteroatoms. The third kappa shape index (κ3) is 3.21. The molecule has 0 fully saturated rings. The molecular formula is C19H18NP. The Balaban J connectivity index is 2.12. The van der Waals surface area contributed by atoms with Crippen molar-refractivity contribution in [3.05, 3.63) is 90.5 Å². The summed E-state index contributed by atoms with van der Waals surface area (Å²) in [7, 11) is -0.523. The molecule has 3 aromatic carbocycles. The van der Waals surface area contributed by atoms with Crippen molar-refractivity contribution < 1.29 is 0 Å². The summed E-state index contributed by atoms with van der Waals surface area (Å²) < 4.78 is 0. The van der Waals surface area contributed by atoms with Gasteiger partial charge >= 0.3 is 0 Å². The van der Waals surface area contributed by atoms with E-state index < -0.39 is 7.92 Å². The molecule has 0 bridgehead atoms.